The van der Waals surface area contributed by atoms with Gasteiger partial charge in [-0.15, -0.1) is 0 Å². The van der Waals surface area contributed by atoms with E-state index >= 15 is 0 Å². The van der Waals surface area contributed by atoms with Gasteiger partial charge in [-0.1, -0.05) is 23.7 Å². The van der Waals surface area contributed by atoms with Crippen LogP contribution in [-0.2, 0) is 11.3 Å². The van der Waals surface area contributed by atoms with Gasteiger partial charge >= 0.3 is 0 Å². The number of ether oxygens (including phenoxy) is 2. The molecule has 0 aromatic heterocycles. The summed E-state index contributed by atoms with van der Waals surface area (Å²) in [7, 11) is 3.53. The van der Waals surface area contributed by atoms with Gasteiger partial charge in [-0.3, -0.25) is 0 Å². The maximum Gasteiger partial charge on any atom is 0.142 e. The second kappa shape index (κ2) is 6.67. The van der Waals surface area contributed by atoms with Crippen molar-refractivity contribution in [2.24, 2.45) is 0 Å². The molecule has 0 fully saturated rings. The Morgan fingerprint density at radius 3 is 2.80 bits per heavy atom. The molecule has 0 amide bonds. The first-order chi connectivity index (χ1) is 7.29. The first-order valence-electron chi connectivity index (χ1n) is 4.83. The molecule has 15 heavy (non-hydrogen) atoms. The minimum absolute atomic E-state index is 0.511. The highest BCUT2D eigenvalue weighted by atomic mass is 35.5. The van der Waals surface area contributed by atoms with E-state index in [4.69, 9.17) is 21.1 Å². The lowest BCUT2D eigenvalue weighted by molar-refractivity contribution is 0.146. The van der Waals surface area contributed by atoms with Crippen LogP contribution in [0.1, 0.15) is 5.56 Å². The molecule has 0 aliphatic carbocycles. The van der Waals surface area contributed by atoms with Crippen LogP contribution in [0.3, 0.4) is 0 Å². The number of hydrogen-bond donors (Lipinski definition) is 1. The van der Waals surface area contributed by atoms with Crippen molar-refractivity contribution in [1.82, 2.24) is 5.32 Å². The van der Waals surface area contributed by atoms with Crippen molar-refractivity contribution in [3.63, 3.8) is 0 Å². The number of hydrogen-bond acceptors (Lipinski definition) is 3. The van der Waals surface area contributed by atoms with Crippen LogP contribution in [0.25, 0.3) is 0 Å². The summed E-state index contributed by atoms with van der Waals surface area (Å²) in [4.78, 5) is 0. The lowest BCUT2D eigenvalue weighted by Crippen LogP contribution is -2.10. The molecule has 0 unspecified atom stereocenters. The first-order valence-corrected chi connectivity index (χ1v) is 5.21. The van der Waals surface area contributed by atoms with Gasteiger partial charge in [-0.05, 0) is 13.1 Å². The zero-order valence-electron chi connectivity index (χ0n) is 9.05. The van der Waals surface area contributed by atoms with Gasteiger partial charge in [0.05, 0.1) is 11.6 Å². The Kier molecular flexibility index (Phi) is 5.47. The molecular formula is C11H16ClNO2. The fourth-order valence-electron chi connectivity index (χ4n) is 1.27. The van der Waals surface area contributed by atoms with Crippen LogP contribution in [0, 0.1) is 0 Å². The predicted molar refractivity (Wildman–Crippen MR) is 61.6 cm³/mol. The van der Waals surface area contributed by atoms with E-state index in [2.05, 4.69) is 5.32 Å². The highest BCUT2D eigenvalue weighted by Crippen LogP contribution is 2.28. The van der Waals surface area contributed by atoms with Crippen LogP contribution in [0.2, 0.25) is 5.02 Å². The van der Waals surface area contributed by atoms with E-state index in [1.165, 1.54) is 0 Å². The third-order valence-electron chi connectivity index (χ3n) is 1.95. The summed E-state index contributed by atoms with van der Waals surface area (Å²) in [5.41, 5.74) is 1.06. The fourth-order valence-corrected chi connectivity index (χ4v) is 1.52. The van der Waals surface area contributed by atoms with Crippen molar-refractivity contribution in [3.05, 3.63) is 28.8 Å². The molecule has 4 heteroatoms. The van der Waals surface area contributed by atoms with Crippen LogP contribution in [-0.4, -0.2) is 27.4 Å². The molecule has 0 heterocycles. The summed E-state index contributed by atoms with van der Waals surface area (Å²) in [5, 5.41) is 3.71. The molecule has 1 aromatic carbocycles. The van der Waals surface area contributed by atoms with Gasteiger partial charge in [0.15, 0.2) is 0 Å². The smallest absolute Gasteiger partial charge is 0.142 e. The predicted octanol–water partition coefficient (Wildman–Crippen LogP) is 2.08. The standard InChI is InChI=1S/C11H16ClNO2/c1-13-8-9-4-3-5-10(12)11(9)15-7-6-14-2/h3-5,13H,6-8H2,1-2H3. The van der Waals surface area contributed by atoms with Crippen molar-refractivity contribution < 1.29 is 9.47 Å². The first kappa shape index (κ1) is 12.3. The van der Waals surface area contributed by atoms with Crippen LogP contribution >= 0.6 is 11.6 Å². The highest BCUT2D eigenvalue weighted by Gasteiger charge is 2.07. The molecule has 0 saturated heterocycles. The van der Waals surface area contributed by atoms with E-state index in [9.17, 15) is 0 Å². The van der Waals surface area contributed by atoms with Gasteiger partial charge in [-0.25, -0.2) is 0 Å². The summed E-state index contributed by atoms with van der Waals surface area (Å²) in [6, 6.07) is 5.73. The average molecular weight is 230 g/mol. The molecule has 0 bridgehead atoms. The van der Waals surface area contributed by atoms with E-state index in [-0.39, 0.29) is 0 Å². The maximum atomic E-state index is 6.05. The molecule has 0 aliphatic heterocycles. The second-order valence-electron chi connectivity index (χ2n) is 3.10. The molecule has 3 nitrogen and oxygen atoms in total. The molecule has 84 valence electrons. The van der Waals surface area contributed by atoms with Gasteiger partial charge in [0.2, 0.25) is 0 Å². The van der Waals surface area contributed by atoms with Crippen molar-refractivity contribution in [2.45, 2.75) is 6.54 Å². The Morgan fingerprint density at radius 1 is 1.33 bits per heavy atom. The van der Waals surface area contributed by atoms with E-state index in [1.54, 1.807) is 7.11 Å². The lowest BCUT2D eigenvalue weighted by atomic mass is 10.2. The van der Waals surface area contributed by atoms with Crippen molar-refractivity contribution in [2.75, 3.05) is 27.4 Å². The number of methoxy groups -OCH3 is 1. The quantitative estimate of drug-likeness (QED) is 0.758. The molecule has 1 rings (SSSR count). The number of rotatable bonds is 6. The molecular weight excluding hydrogens is 214 g/mol. The summed E-state index contributed by atoms with van der Waals surface area (Å²) in [6.45, 7) is 1.81. The van der Waals surface area contributed by atoms with Gasteiger partial charge in [-0.2, -0.15) is 0 Å². The Hall–Kier alpha value is -0.770. The minimum atomic E-state index is 0.511. The van der Waals surface area contributed by atoms with Gasteiger partial charge in [0.1, 0.15) is 12.4 Å². The molecule has 1 N–H and O–H groups in total. The van der Waals surface area contributed by atoms with Crippen molar-refractivity contribution >= 4 is 11.6 Å². The zero-order chi connectivity index (χ0) is 11.1. The molecule has 0 aliphatic rings. The van der Waals surface area contributed by atoms with Crippen LogP contribution < -0.4 is 10.1 Å². The SMILES string of the molecule is CNCc1cccc(Cl)c1OCCOC. The Balaban J connectivity index is 2.72. The molecule has 0 atom stereocenters. The Bertz CT molecular complexity index is 305. The third kappa shape index (κ3) is 3.70. The summed E-state index contributed by atoms with van der Waals surface area (Å²) < 4.78 is 10.5. The van der Waals surface area contributed by atoms with Crippen LogP contribution in [0.4, 0.5) is 0 Å². The van der Waals surface area contributed by atoms with Crippen molar-refractivity contribution in [1.29, 1.82) is 0 Å². The molecule has 0 spiro atoms. The largest absolute Gasteiger partial charge is 0.489 e. The lowest BCUT2D eigenvalue weighted by Gasteiger charge is -2.12. The fraction of sp³-hybridized carbons (Fsp3) is 0.455. The van der Waals surface area contributed by atoms with Crippen LogP contribution in [0.15, 0.2) is 18.2 Å². The maximum absolute atomic E-state index is 6.05. The van der Waals surface area contributed by atoms with Crippen molar-refractivity contribution in [3.8, 4) is 5.75 Å². The second-order valence-corrected chi connectivity index (χ2v) is 3.51. The monoisotopic (exact) mass is 229 g/mol. The number of nitrogens with one attached hydrogen (secondary N) is 1. The third-order valence-corrected chi connectivity index (χ3v) is 2.25. The summed E-state index contributed by atoms with van der Waals surface area (Å²) in [6.07, 6.45) is 0. The van der Waals surface area contributed by atoms with Gasteiger partial charge in [0, 0.05) is 19.2 Å². The van der Waals surface area contributed by atoms with Gasteiger partial charge in [0.25, 0.3) is 0 Å². The van der Waals surface area contributed by atoms with Gasteiger partial charge < -0.3 is 14.8 Å². The summed E-state index contributed by atoms with van der Waals surface area (Å²) >= 11 is 6.05. The molecule has 1 aromatic rings. The number of halogens is 1. The van der Waals surface area contributed by atoms with E-state index < -0.39 is 0 Å². The Morgan fingerprint density at radius 2 is 2.13 bits per heavy atom. The Labute approximate surface area is 95.3 Å². The number of para-hydroxylation sites is 1. The minimum Gasteiger partial charge on any atom is -0.489 e. The van der Waals surface area contributed by atoms with E-state index in [1.807, 2.05) is 25.2 Å². The summed E-state index contributed by atoms with van der Waals surface area (Å²) in [5.74, 6) is 0.741. The average Bonchev–Trinajstić information content (AvgIpc) is 2.23. The topological polar surface area (TPSA) is 30.5 Å². The van der Waals surface area contributed by atoms with E-state index in [0.29, 0.717) is 18.2 Å². The number of benzene rings is 1. The normalized spacial score (nSPS) is 10.3. The van der Waals surface area contributed by atoms with Crippen LogP contribution in [0.5, 0.6) is 5.75 Å². The highest BCUT2D eigenvalue weighted by molar-refractivity contribution is 6.32. The molecule has 0 saturated carbocycles. The van der Waals surface area contributed by atoms with E-state index in [0.717, 1.165) is 17.9 Å². The zero-order valence-corrected chi connectivity index (χ0v) is 9.80. The molecule has 0 radical (unpaired) electrons.